The van der Waals surface area contributed by atoms with E-state index in [0.29, 0.717) is 16.1 Å². The van der Waals surface area contributed by atoms with Crippen molar-refractivity contribution >= 4 is 32.5 Å². The van der Waals surface area contributed by atoms with Crippen LogP contribution in [0.3, 0.4) is 0 Å². The zero-order chi connectivity index (χ0) is 14.3. The minimum atomic E-state index is -3.46. The smallest absolute Gasteiger partial charge is 0.248 e. The number of hydrogen-bond donors (Lipinski definition) is 1. The maximum absolute atomic E-state index is 11.4. The Bertz CT molecular complexity index is 905. The van der Waals surface area contributed by atoms with Crippen LogP contribution in [0.4, 0.5) is 0 Å². The molecule has 1 N–H and O–H groups in total. The van der Waals surface area contributed by atoms with Gasteiger partial charge in [-0.15, -0.1) is 0 Å². The third-order valence-electron chi connectivity index (χ3n) is 2.76. The maximum Gasteiger partial charge on any atom is 0.248 e. The van der Waals surface area contributed by atoms with Crippen LogP contribution in [0, 0.1) is 0 Å². The van der Waals surface area contributed by atoms with Gasteiger partial charge in [-0.1, -0.05) is 29.8 Å². The van der Waals surface area contributed by atoms with Crippen LogP contribution in [0.1, 0.15) is 0 Å². The summed E-state index contributed by atoms with van der Waals surface area (Å²) in [5.41, 5.74) is 1.70. The minimum absolute atomic E-state index is 0.248. The molecule has 0 bridgehead atoms. The summed E-state index contributed by atoms with van der Waals surface area (Å²) < 4.78 is 22.8. The summed E-state index contributed by atoms with van der Waals surface area (Å²) in [7, 11) is -3.46. The van der Waals surface area contributed by atoms with Crippen molar-refractivity contribution < 1.29 is 8.42 Å². The highest BCUT2D eigenvalue weighted by molar-refractivity contribution is 7.90. The Morgan fingerprint density at radius 3 is 2.70 bits per heavy atom. The average Bonchev–Trinajstić information content (AvgIpc) is 2.81. The highest BCUT2D eigenvalue weighted by Crippen LogP contribution is 2.30. The molecule has 0 fully saturated rings. The van der Waals surface area contributed by atoms with Gasteiger partial charge in [0.2, 0.25) is 15.0 Å². The molecule has 0 saturated carbocycles. The standard InChI is InChI=1S/C12H9ClN4O2S/c1-20(18,19)12-14-6-8-10(16-17-11(8)15-12)7-4-2-3-5-9(7)13/h2-6H,1H3,(H,14,15,16,17). The van der Waals surface area contributed by atoms with E-state index < -0.39 is 9.84 Å². The van der Waals surface area contributed by atoms with E-state index in [2.05, 4.69) is 20.2 Å². The number of aromatic amines is 1. The fourth-order valence-corrected chi connectivity index (χ4v) is 2.56. The van der Waals surface area contributed by atoms with Crippen LogP contribution in [0.25, 0.3) is 22.3 Å². The molecular formula is C12H9ClN4O2S. The molecule has 0 amide bonds. The van der Waals surface area contributed by atoms with Crippen LogP contribution >= 0.6 is 11.6 Å². The second kappa shape index (κ2) is 4.53. The number of nitrogens with one attached hydrogen (secondary N) is 1. The van der Waals surface area contributed by atoms with Gasteiger partial charge in [-0.25, -0.2) is 13.4 Å². The van der Waals surface area contributed by atoms with Crippen molar-refractivity contribution in [2.24, 2.45) is 0 Å². The van der Waals surface area contributed by atoms with Gasteiger partial charge in [-0.05, 0) is 6.07 Å². The van der Waals surface area contributed by atoms with Crippen LogP contribution in [0.2, 0.25) is 5.02 Å². The molecule has 0 aliphatic carbocycles. The van der Waals surface area contributed by atoms with Crippen LogP contribution in [0.5, 0.6) is 0 Å². The molecule has 0 radical (unpaired) electrons. The molecule has 3 aromatic rings. The molecule has 8 heteroatoms. The lowest BCUT2D eigenvalue weighted by Gasteiger charge is -2.01. The normalized spacial score (nSPS) is 11.9. The Labute approximate surface area is 119 Å². The van der Waals surface area contributed by atoms with Crippen molar-refractivity contribution in [2.45, 2.75) is 5.16 Å². The van der Waals surface area contributed by atoms with Crippen molar-refractivity contribution in [1.29, 1.82) is 0 Å². The zero-order valence-electron chi connectivity index (χ0n) is 10.3. The lowest BCUT2D eigenvalue weighted by atomic mass is 10.1. The first-order valence-electron chi connectivity index (χ1n) is 5.63. The molecule has 2 heterocycles. The number of nitrogens with zero attached hydrogens (tertiary/aromatic N) is 3. The highest BCUT2D eigenvalue weighted by Gasteiger charge is 2.16. The van der Waals surface area contributed by atoms with Crippen molar-refractivity contribution in [3.05, 3.63) is 35.5 Å². The number of fused-ring (bicyclic) bond motifs is 1. The van der Waals surface area contributed by atoms with E-state index in [1.54, 1.807) is 6.07 Å². The zero-order valence-corrected chi connectivity index (χ0v) is 11.9. The van der Waals surface area contributed by atoms with Crippen LogP contribution in [0.15, 0.2) is 35.6 Å². The molecule has 0 spiro atoms. The van der Waals surface area contributed by atoms with Crippen LogP contribution < -0.4 is 0 Å². The molecule has 6 nitrogen and oxygen atoms in total. The highest BCUT2D eigenvalue weighted by atomic mass is 35.5. The predicted octanol–water partition coefficient (Wildman–Crippen LogP) is 2.08. The van der Waals surface area contributed by atoms with Gasteiger partial charge in [0, 0.05) is 23.0 Å². The molecule has 20 heavy (non-hydrogen) atoms. The van der Waals surface area contributed by atoms with E-state index >= 15 is 0 Å². The lowest BCUT2D eigenvalue weighted by molar-refractivity contribution is 0.593. The second-order valence-corrected chi connectivity index (χ2v) is 6.56. The summed E-state index contributed by atoms with van der Waals surface area (Å²) >= 11 is 6.14. The Morgan fingerprint density at radius 2 is 2.00 bits per heavy atom. The fourth-order valence-electron chi connectivity index (χ4n) is 1.84. The van der Waals surface area contributed by atoms with E-state index in [1.165, 1.54) is 6.20 Å². The Hall–Kier alpha value is -1.99. The number of hydrogen-bond acceptors (Lipinski definition) is 5. The molecule has 1 aromatic carbocycles. The Morgan fingerprint density at radius 1 is 1.25 bits per heavy atom. The first kappa shape index (κ1) is 13.0. The average molecular weight is 309 g/mol. The van der Waals surface area contributed by atoms with E-state index in [-0.39, 0.29) is 10.8 Å². The largest absolute Gasteiger partial charge is 0.275 e. The summed E-state index contributed by atoms with van der Waals surface area (Å²) in [4.78, 5) is 7.80. The number of halogens is 1. The quantitative estimate of drug-likeness (QED) is 0.732. The Kier molecular flexibility index (Phi) is 2.95. The number of sulfone groups is 1. The van der Waals surface area contributed by atoms with Crippen molar-refractivity contribution in [2.75, 3.05) is 6.26 Å². The summed E-state index contributed by atoms with van der Waals surface area (Å²) in [6.45, 7) is 0. The van der Waals surface area contributed by atoms with Crippen LogP contribution in [-0.4, -0.2) is 34.8 Å². The summed E-state index contributed by atoms with van der Waals surface area (Å²) in [5, 5.41) is 7.76. The molecule has 0 unspecified atom stereocenters. The van der Waals surface area contributed by atoms with Gasteiger partial charge < -0.3 is 0 Å². The van der Waals surface area contributed by atoms with E-state index in [4.69, 9.17) is 11.6 Å². The second-order valence-electron chi connectivity index (χ2n) is 4.24. The van der Waals surface area contributed by atoms with Gasteiger partial charge >= 0.3 is 0 Å². The summed E-state index contributed by atoms with van der Waals surface area (Å²) in [5.74, 6) is 0. The van der Waals surface area contributed by atoms with Crippen molar-refractivity contribution in [3.63, 3.8) is 0 Å². The third kappa shape index (κ3) is 2.14. The van der Waals surface area contributed by atoms with Crippen molar-refractivity contribution in [1.82, 2.24) is 20.2 Å². The van der Waals surface area contributed by atoms with Gasteiger partial charge in [-0.2, -0.15) is 10.1 Å². The lowest BCUT2D eigenvalue weighted by Crippen LogP contribution is -2.03. The Balaban J connectivity index is 2.24. The van der Waals surface area contributed by atoms with Gasteiger partial charge in [0.05, 0.1) is 11.1 Å². The van der Waals surface area contributed by atoms with Gasteiger partial charge in [0.1, 0.15) is 0 Å². The molecule has 2 aromatic heterocycles. The van der Waals surface area contributed by atoms with Gasteiger partial charge in [-0.3, -0.25) is 5.10 Å². The summed E-state index contributed by atoms with van der Waals surface area (Å²) in [6.07, 6.45) is 2.48. The molecule has 0 atom stereocenters. The van der Waals surface area contributed by atoms with E-state index in [9.17, 15) is 8.42 Å². The number of benzene rings is 1. The molecule has 0 saturated heterocycles. The molecule has 3 rings (SSSR count). The third-order valence-corrected chi connectivity index (χ3v) is 3.95. The molecule has 102 valence electrons. The van der Waals surface area contributed by atoms with Crippen molar-refractivity contribution in [3.8, 4) is 11.3 Å². The minimum Gasteiger partial charge on any atom is -0.275 e. The number of rotatable bonds is 2. The topological polar surface area (TPSA) is 88.6 Å². The summed E-state index contributed by atoms with van der Waals surface area (Å²) in [6, 6.07) is 7.26. The molecule has 0 aliphatic heterocycles. The first-order chi connectivity index (χ1) is 9.47. The predicted molar refractivity (Wildman–Crippen MR) is 75.2 cm³/mol. The molecular weight excluding hydrogens is 300 g/mol. The first-order valence-corrected chi connectivity index (χ1v) is 7.90. The van der Waals surface area contributed by atoms with Gasteiger partial charge in [0.25, 0.3) is 0 Å². The van der Waals surface area contributed by atoms with Crippen LogP contribution in [-0.2, 0) is 9.84 Å². The fraction of sp³-hybridized carbons (Fsp3) is 0.0833. The molecule has 0 aliphatic rings. The van der Waals surface area contributed by atoms with E-state index in [0.717, 1.165) is 11.8 Å². The van der Waals surface area contributed by atoms with Gasteiger partial charge in [0.15, 0.2) is 5.65 Å². The number of H-pyrrole nitrogens is 1. The SMILES string of the molecule is CS(=O)(=O)c1ncc2c(-c3ccccc3Cl)[nH]nc2n1. The monoisotopic (exact) mass is 308 g/mol. The number of aromatic nitrogens is 4. The maximum atomic E-state index is 11.4. The van der Waals surface area contributed by atoms with E-state index in [1.807, 2.05) is 18.2 Å².